The van der Waals surface area contributed by atoms with Crippen LogP contribution in [-0.2, 0) is 6.42 Å². The van der Waals surface area contributed by atoms with Crippen molar-refractivity contribution >= 4 is 16.3 Å². The second-order valence-corrected chi connectivity index (χ2v) is 6.48. The Kier molecular flexibility index (Phi) is 3.79. The first kappa shape index (κ1) is 15.5. The van der Waals surface area contributed by atoms with Crippen LogP contribution in [0.1, 0.15) is 11.3 Å². The maximum atomic E-state index is 9.33. The molecule has 0 saturated heterocycles. The lowest BCUT2D eigenvalue weighted by atomic mass is 10.1. The Bertz CT molecular complexity index is 1080. The number of methoxy groups -OCH3 is 1. The molecule has 124 valence electrons. The highest BCUT2D eigenvalue weighted by Crippen LogP contribution is 2.34. The Balaban J connectivity index is 1.94. The van der Waals surface area contributed by atoms with Gasteiger partial charge in [0, 0.05) is 10.9 Å². The van der Waals surface area contributed by atoms with E-state index in [1.54, 1.807) is 13.4 Å². The van der Waals surface area contributed by atoms with Gasteiger partial charge in [-0.15, -0.1) is 11.3 Å². The topological polar surface area (TPSA) is 63.5 Å². The van der Waals surface area contributed by atoms with Gasteiger partial charge in [0.25, 0.3) is 0 Å². The average molecular weight is 349 g/mol. The zero-order valence-electron chi connectivity index (χ0n) is 13.8. The zero-order chi connectivity index (χ0) is 17.4. The number of thiazole rings is 1. The maximum absolute atomic E-state index is 9.33. The molecule has 3 heterocycles. The van der Waals surface area contributed by atoms with E-state index in [4.69, 9.17) is 14.1 Å². The first-order valence-corrected chi connectivity index (χ1v) is 8.65. The molecule has 4 aromatic rings. The Hall–Kier alpha value is -3.04. The number of ether oxygens (including phenoxy) is 1. The number of imidazole rings is 1. The number of rotatable bonds is 4. The second-order valence-electron chi connectivity index (χ2n) is 5.64. The fraction of sp³-hybridized carbons (Fsp3) is 0.158. The minimum absolute atomic E-state index is 0.270. The van der Waals surface area contributed by atoms with Gasteiger partial charge in [-0.3, -0.25) is 4.40 Å². The summed E-state index contributed by atoms with van der Waals surface area (Å²) in [7, 11) is 1.66. The van der Waals surface area contributed by atoms with E-state index in [9.17, 15) is 5.26 Å². The van der Waals surface area contributed by atoms with Gasteiger partial charge in [-0.05, 0) is 42.8 Å². The highest BCUT2D eigenvalue weighted by atomic mass is 32.1. The number of nitriles is 1. The highest BCUT2D eigenvalue weighted by molar-refractivity contribution is 7.15. The summed E-state index contributed by atoms with van der Waals surface area (Å²) < 4.78 is 12.9. The Morgan fingerprint density at radius 3 is 2.92 bits per heavy atom. The van der Waals surface area contributed by atoms with E-state index in [2.05, 4.69) is 6.07 Å². The molecule has 4 rings (SSSR count). The van der Waals surface area contributed by atoms with Crippen LogP contribution in [-0.4, -0.2) is 16.5 Å². The van der Waals surface area contributed by atoms with Crippen molar-refractivity contribution in [3.05, 3.63) is 53.2 Å². The molecule has 0 atom stereocenters. The standard InChI is InChI=1S/C19H15N3O2S/c1-12-10-13(5-6-16(12)23-2)18-14(7-8-20)22-15(11-25-19(22)21-18)17-4-3-9-24-17/h3-6,9-11H,7H2,1-2H3. The summed E-state index contributed by atoms with van der Waals surface area (Å²) in [4.78, 5) is 5.62. The predicted octanol–water partition coefficient (Wildman–Crippen LogP) is 4.71. The number of aromatic nitrogens is 2. The number of fused-ring (bicyclic) bond motifs is 1. The largest absolute Gasteiger partial charge is 0.496 e. The van der Waals surface area contributed by atoms with E-state index in [-0.39, 0.29) is 6.42 Å². The van der Waals surface area contributed by atoms with E-state index >= 15 is 0 Å². The molecular formula is C19H15N3O2S. The van der Waals surface area contributed by atoms with Crippen LogP contribution in [0.2, 0.25) is 0 Å². The van der Waals surface area contributed by atoms with Crippen molar-refractivity contribution in [2.24, 2.45) is 0 Å². The fourth-order valence-corrected chi connectivity index (χ4v) is 3.90. The van der Waals surface area contributed by atoms with Crippen molar-refractivity contribution in [3.63, 3.8) is 0 Å². The zero-order valence-corrected chi connectivity index (χ0v) is 14.6. The molecule has 0 bridgehead atoms. The van der Waals surface area contributed by atoms with Crippen LogP contribution in [0.5, 0.6) is 5.75 Å². The summed E-state index contributed by atoms with van der Waals surface area (Å²) in [5, 5.41) is 11.3. The van der Waals surface area contributed by atoms with Crippen LogP contribution in [0.15, 0.2) is 46.4 Å². The highest BCUT2D eigenvalue weighted by Gasteiger charge is 2.20. The van der Waals surface area contributed by atoms with E-state index in [0.717, 1.165) is 44.7 Å². The molecule has 6 heteroatoms. The molecule has 5 nitrogen and oxygen atoms in total. The molecule has 0 fully saturated rings. The summed E-state index contributed by atoms with van der Waals surface area (Å²) in [5.41, 5.74) is 4.62. The SMILES string of the molecule is COc1ccc(-c2nc3scc(-c4ccco4)n3c2CC#N)cc1C. The van der Waals surface area contributed by atoms with Crippen molar-refractivity contribution in [3.8, 4) is 34.5 Å². The lowest BCUT2D eigenvalue weighted by molar-refractivity contribution is 0.412. The number of nitrogens with zero attached hydrogens (tertiary/aromatic N) is 3. The second kappa shape index (κ2) is 6.11. The van der Waals surface area contributed by atoms with E-state index in [1.807, 2.05) is 47.0 Å². The van der Waals surface area contributed by atoms with Crippen molar-refractivity contribution in [2.75, 3.05) is 7.11 Å². The molecule has 0 N–H and O–H groups in total. The number of benzene rings is 1. The number of furan rings is 1. The molecule has 1 aromatic carbocycles. The summed E-state index contributed by atoms with van der Waals surface area (Å²) in [5.74, 6) is 1.60. The maximum Gasteiger partial charge on any atom is 0.195 e. The van der Waals surface area contributed by atoms with Crippen LogP contribution < -0.4 is 4.74 Å². The van der Waals surface area contributed by atoms with Crippen LogP contribution in [0, 0.1) is 18.3 Å². The Morgan fingerprint density at radius 1 is 1.36 bits per heavy atom. The van der Waals surface area contributed by atoms with Gasteiger partial charge in [0.05, 0.1) is 37.3 Å². The lowest BCUT2D eigenvalue weighted by Crippen LogP contribution is -1.95. The van der Waals surface area contributed by atoms with E-state index in [0.29, 0.717) is 0 Å². The Morgan fingerprint density at radius 2 is 2.24 bits per heavy atom. The number of hydrogen-bond donors (Lipinski definition) is 0. The first-order chi connectivity index (χ1) is 12.2. The molecule has 25 heavy (non-hydrogen) atoms. The monoisotopic (exact) mass is 349 g/mol. The van der Waals surface area contributed by atoms with Gasteiger partial charge in [0.1, 0.15) is 11.4 Å². The third-order valence-corrected chi connectivity index (χ3v) is 4.97. The fourth-order valence-electron chi connectivity index (χ4n) is 3.01. The molecule has 0 amide bonds. The number of aryl methyl sites for hydroxylation is 1. The summed E-state index contributed by atoms with van der Waals surface area (Å²) in [6.07, 6.45) is 1.92. The van der Waals surface area contributed by atoms with Crippen molar-refractivity contribution in [1.82, 2.24) is 9.38 Å². The molecule has 0 saturated carbocycles. The summed E-state index contributed by atoms with van der Waals surface area (Å²) in [6.45, 7) is 2.00. The first-order valence-electron chi connectivity index (χ1n) is 7.77. The molecule has 3 aromatic heterocycles. The van der Waals surface area contributed by atoms with Gasteiger partial charge in [-0.25, -0.2) is 4.98 Å². The van der Waals surface area contributed by atoms with Gasteiger partial charge in [-0.2, -0.15) is 5.26 Å². The molecular weight excluding hydrogens is 334 g/mol. The van der Waals surface area contributed by atoms with Crippen LogP contribution in [0.4, 0.5) is 0 Å². The molecule has 0 aliphatic heterocycles. The van der Waals surface area contributed by atoms with Gasteiger partial charge >= 0.3 is 0 Å². The van der Waals surface area contributed by atoms with Gasteiger partial charge in [-0.1, -0.05) is 0 Å². The smallest absolute Gasteiger partial charge is 0.195 e. The predicted molar refractivity (Wildman–Crippen MR) is 96.8 cm³/mol. The summed E-state index contributed by atoms with van der Waals surface area (Å²) >= 11 is 1.54. The minimum atomic E-state index is 0.270. The molecule has 0 aliphatic rings. The van der Waals surface area contributed by atoms with Crippen molar-refractivity contribution in [2.45, 2.75) is 13.3 Å². The van der Waals surface area contributed by atoms with E-state index < -0.39 is 0 Å². The van der Waals surface area contributed by atoms with E-state index in [1.165, 1.54) is 11.3 Å². The number of hydrogen-bond acceptors (Lipinski definition) is 5. The van der Waals surface area contributed by atoms with Crippen LogP contribution >= 0.6 is 11.3 Å². The van der Waals surface area contributed by atoms with Crippen molar-refractivity contribution in [1.29, 1.82) is 5.26 Å². The normalized spacial score (nSPS) is 10.9. The lowest BCUT2D eigenvalue weighted by Gasteiger charge is -2.07. The van der Waals surface area contributed by atoms with Gasteiger partial charge in [0.2, 0.25) is 0 Å². The average Bonchev–Trinajstić information content (AvgIpc) is 3.32. The minimum Gasteiger partial charge on any atom is -0.496 e. The van der Waals surface area contributed by atoms with Crippen LogP contribution in [0.3, 0.4) is 0 Å². The van der Waals surface area contributed by atoms with Crippen LogP contribution in [0.25, 0.3) is 27.7 Å². The third-order valence-electron chi connectivity index (χ3n) is 4.15. The third kappa shape index (κ3) is 2.49. The van der Waals surface area contributed by atoms with Gasteiger partial charge < -0.3 is 9.15 Å². The molecule has 0 spiro atoms. The Labute approximate surface area is 148 Å². The molecule has 0 aliphatic carbocycles. The summed E-state index contributed by atoms with van der Waals surface area (Å²) in [6, 6.07) is 12.0. The molecule has 0 radical (unpaired) electrons. The van der Waals surface area contributed by atoms with Crippen molar-refractivity contribution < 1.29 is 9.15 Å². The van der Waals surface area contributed by atoms with Gasteiger partial charge in [0.15, 0.2) is 10.7 Å². The quantitative estimate of drug-likeness (QED) is 0.535. The molecule has 0 unspecified atom stereocenters.